The summed E-state index contributed by atoms with van der Waals surface area (Å²) in [5.74, 6) is 2.87. The molecule has 0 saturated heterocycles. The Morgan fingerprint density at radius 1 is 1.38 bits per heavy atom. The Morgan fingerprint density at radius 2 is 2.22 bits per heavy atom. The number of carbonyl (C=O) groups is 1. The molecule has 9 nitrogen and oxygen atoms in total. The van der Waals surface area contributed by atoms with Gasteiger partial charge < -0.3 is 20.7 Å². The molecule has 0 aliphatic carbocycles. The number of benzene rings is 1. The molecule has 1 aromatic carbocycles. The average Bonchev–Trinajstić information content (AvgIpc) is 3.14. The standard InChI is InChI=1S/C23H35N7O2/c1-5-24-23(27-19-9-10-21-28-20(15-32-4)29-30(21)14-19)25-13-17-7-6-8-18(12-17)26-22(31)11-16(2)3/h6-8,12,16,19H,5,9-11,13-15H2,1-4H3,(H,26,31)(H2,24,25,27). The predicted octanol–water partition coefficient (Wildman–Crippen LogP) is 2.48. The van der Waals surface area contributed by atoms with Gasteiger partial charge in [0.15, 0.2) is 11.8 Å². The predicted molar refractivity (Wildman–Crippen MR) is 125 cm³/mol. The van der Waals surface area contributed by atoms with Crippen molar-refractivity contribution in [3.8, 4) is 0 Å². The van der Waals surface area contributed by atoms with Crippen molar-refractivity contribution in [1.82, 2.24) is 25.4 Å². The molecule has 2 aromatic rings. The minimum Gasteiger partial charge on any atom is -0.377 e. The second-order valence-corrected chi connectivity index (χ2v) is 8.48. The van der Waals surface area contributed by atoms with Gasteiger partial charge in [0.2, 0.25) is 5.91 Å². The maximum absolute atomic E-state index is 12.1. The van der Waals surface area contributed by atoms with E-state index in [9.17, 15) is 4.79 Å². The molecular weight excluding hydrogens is 406 g/mol. The number of hydrogen-bond donors (Lipinski definition) is 3. The highest BCUT2D eigenvalue weighted by molar-refractivity contribution is 5.90. The second kappa shape index (κ2) is 11.6. The van der Waals surface area contributed by atoms with Crippen LogP contribution in [0.2, 0.25) is 0 Å². The van der Waals surface area contributed by atoms with Crippen LogP contribution in [0.1, 0.15) is 50.8 Å². The SMILES string of the molecule is CCNC(=NCc1cccc(NC(=O)CC(C)C)c1)NC1CCc2nc(COC)nn2C1. The summed E-state index contributed by atoms with van der Waals surface area (Å²) in [7, 11) is 1.65. The summed E-state index contributed by atoms with van der Waals surface area (Å²) in [6, 6.07) is 8.07. The Kier molecular flexibility index (Phi) is 8.61. The van der Waals surface area contributed by atoms with E-state index in [1.54, 1.807) is 7.11 Å². The lowest BCUT2D eigenvalue weighted by Gasteiger charge is -2.25. The molecule has 0 radical (unpaired) electrons. The van der Waals surface area contributed by atoms with Crippen LogP contribution in [0, 0.1) is 5.92 Å². The molecule has 1 amide bonds. The van der Waals surface area contributed by atoms with E-state index in [4.69, 9.17) is 9.73 Å². The lowest BCUT2D eigenvalue weighted by atomic mass is 10.1. The largest absolute Gasteiger partial charge is 0.377 e. The van der Waals surface area contributed by atoms with Crippen LogP contribution in [0.15, 0.2) is 29.3 Å². The number of fused-ring (bicyclic) bond motifs is 1. The summed E-state index contributed by atoms with van der Waals surface area (Å²) >= 11 is 0. The van der Waals surface area contributed by atoms with Crippen LogP contribution in [-0.4, -0.2) is 46.3 Å². The maximum atomic E-state index is 12.1. The molecule has 0 spiro atoms. The first-order valence-corrected chi connectivity index (χ1v) is 11.3. The maximum Gasteiger partial charge on any atom is 0.224 e. The lowest BCUT2D eigenvalue weighted by molar-refractivity contribution is -0.116. The number of carbonyl (C=O) groups excluding carboxylic acids is 1. The molecule has 0 fully saturated rings. The van der Waals surface area contributed by atoms with Crippen molar-refractivity contribution in [2.75, 3.05) is 19.0 Å². The molecule has 1 aliphatic rings. The normalized spacial score (nSPS) is 16.0. The second-order valence-electron chi connectivity index (χ2n) is 8.48. The number of aromatic nitrogens is 3. The Bertz CT molecular complexity index is 923. The molecular formula is C23H35N7O2. The number of ether oxygens (including phenoxy) is 1. The third-order valence-corrected chi connectivity index (χ3v) is 5.08. The van der Waals surface area contributed by atoms with Crippen LogP contribution < -0.4 is 16.0 Å². The summed E-state index contributed by atoms with van der Waals surface area (Å²) in [5, 5.41) is 14.4. The van der Waals surface area contributed by atoms with Gasteiger partial charge in [-0.2, -0.15) is 5.10 Å². The zero-order chi connectivity index (χ0) is 22.9. The molecule has 1 atom stereocenters. The minimum atomic E-state index is 0.0362. The Labute approximate surface area is 190 Å². The molecule has 1 unspecified atom stereocenters. The highest BCUT2D eigenvalue weighted by Gasteiger charge is 2.22. The number of aliphatic imine (C=N–C) groups is 1. The van der Waals surface area contributed by atoms with Gasteiger partial charge in [-0.05, 0) is 37.0 Å². The van der Waals surface area contributed by atoms with Crippen molar-refractivity contribution in [3.63, 3.8) is 0 Å². The molecule has 0 saturated carbocycles. The number of aryl methyl sites for hydroxylation is 1. The van der Waals surface area contributed by atoms with Gasteiger partial charge in [-0.15, -0.1) is 0 Å². The van der Waals surface area contributed by atoms with Gasteiger partial charge in [-0.25, -0.2) is 14.7 Å². The molecule has 9 heteroatoms. The van der Waals surface area contributed by atoms with Crippen LogP contribution in [0.4, 0.5) is 5.69 Å². The number of methoxy groups -OCH3 is 1. The van der Waals surface area contributed by atoms with Crippen LogP contribution in [0.3, 0.4) is 0 Å². The van der Waals surface area contributed by atoms with Gasteiger partial charge in [0.05, 0.1) is 13.1 Å². The van der Waals surface area contributed by atoms with E-state index in [0.717, 1.165) is 54.8 Å². The average molecular weight is 442 g/mol. The Morgan fingerprint density at radius 3 is 2.97 bits per heavy atom. The fourth-order valence-corrected chi connectivity index (χ4v) is 3.68. The number of guanidine groups is 1. The number of hydrogen-bond acceptors (Lipinski definition) is 5. The Balaban J connectivity index is 1.60. The molecule has 2 heterocycles. The van der Waals surface area contributed by atoms with Gasteiger partial charge in [0.25, 0.3) is 0 Å². The summed E-state index contributed by atoms with van der Waals surface area (Å²) in [6.07, 6.45) is 2.34. The summed E-state index contributed by atoms with van der Waals surface area (Å²) in [6.45, 7) is 8.59. The zero-order valence-electron chi connectivity index (χ0n) is 19.5. The fraction of sp³-hybridized carbons (Fsp3) is 0.565. The summed E-state index contributed by atoms with van der Waals surface area (Å²) < 4.78 is 7.10. The van der Waals surface area contributed by atoms with E-state index in [0.29, 0.717) is 25.5 Å². The zero-order valence-corrected chi connectivity index (χ0v) is 19.5. The summed E-state index contributed by atoms with van der Waals surface area (Å²) in [4.78, 5) is 21.3. The van der Waals surface area contributed by atoms with Gasteiger partial charge in [0, 0.05) is 38.2 Å². The van der Waals surface area contributed by atoms with Crippen LogP contribution in [0.25, 0.3) is 0 Å². The van der Waals surface area contributed by atoms with E-state index in [2.05, 4.69) is 33.0 Å². The van der Waals surface area contributed by atoms with Gasteiger partial charge in [-0.3, -0.25) is 4.79 Å². The number of nitrogens with one attached hydrogen (secondary N) is 3. The van der Waals surface area contributed by atoms with Crippen molar-refractivity contribution in [2.45, 2.75) is 65.8 Å². The fourth-order valence-electron chi connectivity index (χ4n) is 3.68. The highest BCUT2D eigenvalue weighted by Crippen LogP contribution is 2.15. The number of rotatable bonds is 9. The topological polar surface area (TPSA) is 105 Å². The minimum absolute atomic E-state index is 0.0362. The molecule has 32 heavy (non-hydrogen) atoms. The van der Waals surface area contributed by atoms with Crippen LogP contribution in [-0.2, 0) is 35.6 Å². The van der Waals surface area contributed by atoms with E-state index in [-0.39, 0.29) is 11.9 Å². The third kappa shape index (κ3) is 7.05. The van der Waals surface area contributed by atoms with Crippen molar-refractivity contribution < 1.29 is 9.53 Å². The third-order valence-electron chi connectivity index (χ3n) is 5.08. The highest BCUT2D eigenvalue weighted by atomic mass is 16.5. The number of amides is 1. The molecule has 3 N–H and O–H groups in total. The first kappa shape index (κ1) is 23.7. The van der Waals surface area contributed by atoms with E-state index >= 15 is 0 Å². The van der Waals surface area contributed by atoms with E-state index < -0.39 is 0 Å². The van der Waals surface area contributed by atoms with Crippen LogP contribution in [0.5, 0.6) is 0 Å². The van der Waals surface area contributed by atoms with Crippen molar-refractivity contribution in [1.29, 1.82) is 0 Å². The van der Waals surface area contributed by atoms with Gasteiger partial charge in [-0.1, -0.05) is 26.0 Å². The number of nitrogens with zero attached hydrogens (tertiary/aromatic N) is 4. The van der Waals surface area contributed by atoms with Gasteiger partial charge in [0.1, 0.15) is 12.4 Å². The van der Waals surface area contributed by atoms with E-state index in [1.807, 2.05) is 42.8 Å². The molecule has 1 aromatic heterocycles. The summed E-state index contributed by atoms with van der Waals surface area (Å²) in [5.41, 5.74) is 1.84. The molecule has 174 valence electrons. The van der Waals surface area contributed by atoms with Gasteiger partial charge >= 0.3 is 0 Å². The number of anilines is 1. The van der Waals surface area contributed by atoms with Crippen molar-refractivity contribution in [2.24, 2.45) is 10.9 Å². The molecule has 3 rings (SSSR count). The smallest absolute Gasteiger partial charge is 0.224 e. The first-order chi connectivity index (χ1) is 15.5. The lowest BCUT2D eigenvalue weighted by Crippen LogP contribution is -2.47. The van der Waals surface area contributed by atoms with Crippen molar-refractivity contribution >= 4 is 17.6 Å². The monoisotopic (exact) mass is 441 g/mol. The first-order valence-electron chi connectivity index (χ1n) is 11.3. The molecule has 0 bridgehead atoms. The molecule has 1 aliphatic heterocycles. The van der Waals surface area contributed by atoms with Crippen molar-refractivity contribution in [3.05, 3.63) is 41.5 Å². The quantitative estimate of drug-likeness (QED) is 0.408. The van der Waals surface area contributed by atoms with E-state index in [1.165, 1.54) is 0 Å². The van der Waals surface area contributed by atoms with Crippen LogP contribution >= 0.6 is 0 Å². The Hall–Kier alpha value is -2.94.